The average molecular weight is 380 g/mol. The molecule has 0 aliphatic rings. The Hall–Kier alpha value is -2.99. The highest BCUT2D eigenvalue weighted by molar-refractivity contribution is 7.98. The topological polar surface area (TPSA) is 71.3 Å². The van der Waals surface area contributed by atoms with Gasteiger partial charge in [-0.15, -0.1) is 11.8 Å². The van der Waals surface area contributed by atoms with Crippen molar-refractivity contribution in [1.29, 1.82) is 0 Å². The monoisotopic (exact) mass is 380 g/mol. The SMILES string of the molecule is O=C(NCCNC(=O)c1occc1CSc1ccccc1)c1ccccc1. The number of nitrogens with one attached hydrogen (secondary N) is 2. The van der Waals surface area contributed by atoms with Crippen LogP contribution in [0.3, 0.4) is 0 Å². The summed E-state index contributed by atoms with van der Waals surface area (Å²) in [6.07, 6.45) is 1.52. The summed E-state index contributed by atoms with van der Waals surface area (Å²) in [6, 6.07) is 20.8. The van der Waals surface area contributed by atoms with Gasteiger partial charge in [0.2, 0.25) is 0 Å². The smallest absolute Gasteiger partial charge is 0.287 e. The van der Waals surface area contributed by atoms with E-state index in [1.165, 1.54) is 6.26 Å². The number of amides is 2. The number of rotatable bonds is 8. The zero-order valence-corrected chi connectivity index (χ0v) is 15.5. The van der Waals surface area contributed by atoms with Crippen LogP contribution in [0.4, 0.5) is 0 Å². The number of hydrogen-bond acceptors (Lipinski definition) is 4. The van der Waals surface area contributed by atoms with E-state index in [0.29, 0.717) is 30.2 Å². The molecular formula is C21H20N2O3S. The predicted molar refractivity (Wildman–Crippen MR) is 106 cm³/mol. The highest BCUT2D eigenvalue weighted by Gasteiger charge is 2.15. The number of carbonyl (C=O) groups excluding carboxylic acids is 2. The molecule has 0 aliphatic carbocycles. The van der Waals surface area contributed by atoms with Crippen LogP contribution in [0.2, 0.25) is 0 Å². The van der Waals surface area contributed by atoms with Crippen LogP contribution in [0.25, 0.3) is 0 Å². The number of benzene rings is 2. The molecule has 27 heavy (non-hydrogen) atoms. The van der Waals surface area contributed by atoms with Crippen molar-refractivity contribution in [1.82, 2.24) is 10.6 Å². The van der Waals surface area contributed by atoms with Crippen molar-refractivity contribution in [3.63, 3.8) is 0 Å². The van der Waals surface area contributed by atoms with Gasteiger partial charge in [-0.3, -0.25) is 9.59 Å². The summed E-state index contributed by atoms with van der Waals surface area (Å²) in [5.74, 6) is 0.516. The number of thioether (sulfide) groups is 1. The van der Waals surface area contributed by atoms with Crippen molar-refractivity contribution in [2.75, 3.05) is 13.1 Å². The molecule has 0 radical (unpaired) electrons. The van der Waals surface area contributed by atoms with E-state index >= 15 is 0 Å². The van der Waals surface area contributed by atoms with Crippen LogP contribution in [0.5, 0.6) is 0 Å². The van der Waals surface area contributed by atoms with Crippen LogP contribution in [0, 0.1) is 0 Å². The number of furan rings is 1. The summed E-state index contributed by atoms with van der Waals surface area (Å²) < 4.78 is 5.35. The Balaban J connectivity index is 1.45. The normalized spacial score (nSPS) is 10.4. The second-order valence-electron chi connectivity index (χ2n) is 5.75. The zero-order chi connectivity index (χ0) is 18.9. The Morgan fingerprint density at radius 3 is 2.15 bits per heavy atom. The summed E-state index contributed by atoms with van der Waals surface area (Å²) in [4.78, 5) is 25.4. The Morgan fingerprint density at radius 2 is 1.44 bits per heavy atom. The first-order chi connectivity index (χ1) is 13.2. The molecule has 0 spiro atoms. The van der Waals surface area contributed by atoms with E-state index in [4.69, 9.17) is 4.42 Å². The minimum atomic E-state index is -0.280. The van der Waals surface area contributed by atoms with Gasteiger partial charge in [0.15, 0.2) is 5.76 Å². The maximum Gasteiger partial charge on any atom is 0.287 e. The summed E-state index contributed by atoms with van der Waals surface area (Å²) in [5.41, 5.74) is 1.43. The largest absolute Gasteiger partial charge is 0.459 e. The summed E-state index contributed by atoms with van der Waals surface area (Å²) >= 11 is 1.64. The van der Waals surface area contributed by atoms with Gasteiger partial charge >= 0.3 is 0 Å². The zero-order valence-electron chi connectivity index (χ0n) is 14.7. The van der Waals surface area contributed by atoms with Crippen LogP contribution >= 0.6 is 11.8 Å². The van der Waals surface area contributed by atoms with Crippen LogP contribution in [0.15, 0.2) is 82.3 Å². The lowest BCUT2D eigenvalue weighted by Crippen LogP contribution is -2.34. The van der Waals surface area contributed by atoms with Gasteiger partial charge in [0.1, 0.15) is 0 Å². The van der Waals surface area contributed by atoms with Gasteiger partial charge in [-0.2, -0.15) is 0 Å². The van der Waals surface area contributed by atoms with Crippen molar-refractivity contribution in [3.8, 4) is 0 Å². The molecule has 2 N–H and O–H groups in total. The van der Waals surface area contributed by atoms with Gasteiger partial charge in [0.25, 0.3) is 11.8 Å². The van der Waals surface area contributed by atoms with E-state index in [-0.39, 0.29) is 11.8 Å². The highest BCUT2D eigenvalue weighted by atomic mass is 32.2. The molecule has 5 nitrogen and oxygen atoms in total. The third kappa shape index (κ3) is 5.49. The second kappa shape index (κ2) is 9.64. The number of hydrogen-bond donors (Lipinski definition) is 2. The Morgan fingerprint density at radius 1 is 0.815 bits per heavy atom. The van der Waals surface area contributed by atoms with Crippen LogP contribution in [0.1, 0.15) is 26.5 Å². The minimum Gasteiger partial charge on any atom is -0.459 e. The standard InChI is InChI=1S/C21H20N2O3S/c24-20(16-7-3-1-4-8-16)22-12-13-23-21(25)19-17(11-14-26-19)15-27-18-9-5-2-6-10-18/h1-11,14H,12-13,15H2,(H,22,24)(H,23,25). The molecule has 0 aliphatic heterocycles. The molecule has 138 valence electrons. The molecular weight excluding hydrogens is 360 g/mol. The third-order valence-corrected chi connectivity index (χ3v) is 4.88. The van der Waals surface area contributed by atoms with Crippen molar-refractivity contribution in [2.24, 2.45) is 0 Å². The molecule has 6 heteroatoms. The van der Waals surface area contributed by atoms with E-state index in [9.17, 15) is 9.59 Å². The first kappa shape index (κ1) is 18.8. The molecule has 0 atom stereocenters. The molecule has 0 unspecified atom stereocenters. The van der Waals surface area contributed by atoms with Gasteiger partial charge in [-0.1, -0.05) is 36.4 Å². The molecule has 2 aromatic carbocycles. The van der Waals surface area contributed by atoms with Gasteiger partial charge in [0.05, 0.1) is 6.26 Å². The molecule has 1 aromatic heterocycles. The average Bonchev–Trinajstić information content (AvgIpc) is 3.19. The van der Waals surface area contributed by atoms with Gasteiger partial charge < -0.3 is 15.1 Å². The highest BCUT2D eigenvalue weighted by Crippen LogP contribution is 2.24. The first-order valence-electron chi connectivity index (χ1n) is 8.59. The number of carbonyl (C=O) groups is 2. The lowest BCUT2D eigenvalue weighted by molar-refractivity contribution is 0.0910. The molecule has 0 bridgehead atoms. The molecule has 3 rings (SSSR count). The molecule has 0 saturated heterocycles. The van der Waals surface area contributed by atoms with E-state index in [1.807, 2.05) is 54.6 Å². The third-order valence-electron chi connectivity index (χ3n) is 3.82. The fourth-order valence-corrected chi connectivity index (χ4v) is 3.35. The van der Waals surface area contributed by atoms with Crippen LogP contribution in [-0.2, 0) is 5.75 Å². The second-order valence-corrected chi connectivity index (χ2v) is 6.80. The van der Waals surface area contributed by atoms with Gasteiger partial charge in [-0.05, 0) is 30.3 Å². The Bertz CT molecular complexity index is 879. The predicted octanol–water partition coefficient (Wildman–Crippen LogP) is 3.73. The van der Waals surface area contributed by atoms with Crippen LogP contribution < -0.4 is 10.6 Å². The summed E-state index contributed by atoms with van der Waals surface area (Å²) in [7, 11) is 0. The van der Waals surface area contributed by atoms with Crippen LogP contribution in [-0.4, -0.2) is 24.9 Å². The molecule has 3 aromatic rings. The molecule has 2 amide bonds. The van der Waals surface area contributed by atoms with Gasteiger partial charge in [0, 0.05) is 34.9 Å². The Labute approximate surface area is 162 Å². The summed E-state index contributed by atoms with van der Waals surface area (Å²) in [5, 5.41) is 5.55. The van der Waals surface area contributed by atoms with E-state index < -0.39 is 0 Å². The van der Waals surface area contributed by atoms with E-state index in [0.717, 1.165) is 10.5 Å². The lowest BCUT2D eigenvalue weighted by Gasteiger charge is -2.07. The summed E-state index contributed by atoms with van der Waals surface area (Å²) in [6.45, 7) is 0.664. The van der Waals surface area contributed by atoms with E-state index in [1.54, 1.807) is 23.9 Å². The fourth-order valence-electron chi connectivity index (χ4n) is 2.45. The molecule has 1 heterocycles. The van der Waals surface area contributed by atoms with Crippen molar-refractivity contribution in [3.05, 3.63) is 89.9 Å². The quantitative estimate of drug-likeness (QED) is 0.461. The maximum absolute atomic E-state index is 12.3. The minimum absolute atomic E-state index is 0.164. The lowest BCUT2D eigenvalue weighted by atomic mass is 10.2. The van der Waals surface area contributed by atoms with Gasteiger partial charge in [-0.25, -0.2) is 0 Å². The van der Waals surface area contributed by atoms with E-state index in [2.05, 4.69) is 10.6 Å². The molecule has 0 fully saturated rings. The molecule has 0 saturated carbocycles. The Kier molecular flexibility index (Phi) is 6.71. The fraction of sp³-hybridized carbons (Fsp3) is 0.143. The van der Waals surface area contributed by atoms with Crippen molar-refractivity contribution in [2.45, 2.75) is 10.6 Å². The first-order valence-corrected chi connectivity index (χ1v) is 9.58. The maximum atomic E-state index is 12.3. The van der Waals surface area contributed by atoms with Crippen molar-refractivity contribution >= 4 is 23.6 Å². The van der Waals surface area contributed by atoms with Crippen molar-refractivity contribution < 1.29 is 14.0 Å².